The van der Waals surface area contributed by atoms with Gasteiger partial charge >= 0.3 is 0 Å². The zero-order valence-corrected chi connectivity index (χ0v) is 29.8. The van der Waals surface area contributed by atoms with Gasteiger partial charge in [0.05, 0.1) is 0 Å². The third-order valence-corrected chi connectivity index (χ3v) is 12.0. The van der Waals surface area contributed by atoms with E-state index in [4.69, 9.17) is 0 Å². The maximum absolute atomic E-state index is 2.43. The van der Waals surface area contributed by atoms with Gasteiger partial charge in [-0.25, -0.2) is 0 Å². The van der Waals surface area contributed by atoms with E-state index in [1.165, 1.54) is 109 Å². The van der Waals surface area contributed by atoms with Crippen molar-refractivity contribution >= 4 is 53.9 Å². The van der Waals surface area contributed by atoms with Crippen molar-refractivity contribution in [3.8, 4) is 44.5 Å². The van der Waals surface area contributed by atoms with Crippen LogP contribution in [0.2, 0.25) is 0 Å². The van der Waals surface area contributed by atoms with E-state index < -0.39 is 0 Å². The minimum atomic E-state index is -0.100. The molecule has 0 aromatic heterocycles. The summed E-state index contributed by atoms with van der Waals surface area (Å²) in [5.74, 6) is 0. The first-order valence-electron chi connectivity index (χ1n) is 18.7. The van der Waals surface area contributed by atoms with E-state index in [9.17, 15) is 0 Å². The molecule has 0 atom stereocenters. The van der Waals surface area contributed by atoms with Crippen LogP contribution in [0.25, 0.3) is 98.4 Å². The first kappa shape index (κ1) is 30.2. The summed E-state index contributed by atoms with van der Waals surface area (Å²) in [6, 6.07) is 68.0. The molecule has 0 saturated carbocycles. The van der Waals surface area contributed by atoms with Crippen molar-refractivity contribution in [1.82, 2.24) is 0 Å². The molecule has 0 saturated heterocycles. The minimum absolute atomic E-state index is 0.100. The topological polar surface area (TPSA) is 0 Å². The number of fused-ring (bicyclic) bond motifs is 11. The van der Waals surface area contributed by atoms with Crippen molar-refractivity contribution in [3.63, 3.8) is 0 Å². The van der Waals surface area contributed by atoms with E-state index in [1.54, 1.807) is 0 Å². The van der Waals surface area contributed by atoms with Crippen molar-refractivity contribution in [2.75, 3.05) is 0 Å². The van der Waals surface area contributed by atoms with Gasteiger partial charge in [0.2, 0.25) is 0 Å². The van der Waals surface area contributed by atoms with Gasteiger partial charge in [0.1, 0.15) is 0 Å². The van der Waals surface area contributed by atoms with Gasteiger partial charge in [-0.3, -0.25) is 0 Å². The van der Waals surface area contributed by atoms with E-state index in [2.05, 4.69) is 196 Å². The third kappa shape index (κ3) is 4.62. The normalized spacial score (nSPS) is 13.2. The van der Waals surface area contributed by atoms with Crippen LogP contribution in [0.4, 0.5) is 0 Å². The molecular formula is C53H36. The molecule has 0 heterocycles. The second kappa shape index (κ2) is 11.2. The van der Waals surface area contributed by atoms with Gasteiger partial charge in [-0.05, 0) is 146 Å². The number of benzene rings is 10. The molecule has 1 aliphatic carbocycles. The highest BCUT2D eigenvalue weighted by molar-refractivity contribution is 6.25. The Morgan fingerprint density at radius 2 is 0.604 bits per heavy atom. The Morgan fingerprint density at radius 3 is 1.13 bits per heavy atom. The second-order valence-corrected chi connectivity index (χ2v) is 15.3. The lowest BCUT2D eigenvalue weighted by molar-refractivity contribution is 0.661. The Labute approximate surface area is 309 Å². The first-order valence-corrected chi connectivity index (χ1v) is 18.7. The summed E-state index contributed by atoms with van der Waals surface area (Å²) in [5, 5.41) is 12.9. The predicted octanol–water partition coefficient (Wildman–Crippen LogP) is 14.8. The van der Waals surface area contributed by atoms with Crippen LogP contribution in [0.5, 0.6) is 0 Å². The standard InChI is InChI=1S/C53H36/c1-53(2)51-31-41(38-16-15-33-9-3-4-10-34(33)27-38)22-25-48(51)49-26-23-42(32-52(49)53)39-20-18-35-28-37(19-17-36(35)29-39)40-21-24-47-45-13-6-5-11-43(45)44-12-7-8-14-46(44)50(47)30-40/h3-32H,1-2H3. The van der Waals surface area contributed by atoms with E-state index in [-0.39, 0.29) is 5.41 Å². The fourth-order valence-corrected chi connectivity index (χ4v) is 9.16. The van der Waals surface area contributed by atoms with Crippen LogP contribution in [0, 0.1) is 0 Å². The molecule has 0 heteroatoms. The highest BCUT2D eigenvalue weighted by Crippen LogP contribution is 2.51. The second-order valence-electron chi connectivity index (χ2n) is 15.3. The summed E-state index contributed by atoms with van der Waals surface area (Å²) < 4.78 is 0. The van der Waals surface area contributed by atoms with Crippen LogP contribution in [0.15, 0.2) is 182 Å². The van der Waals surface area contributed by atoms with Crippen LogP contribution in [-0.2, 0) is 5.41 Å². The summed E-state index contributed by atoms with van der Waals surface area (Å²) in [7, 11) is 0. The van der Waals surface area contributed by atoms with Crippen molar-refractivity contribution in [2.45, 2.75) is 19.3 Å². The van der Waals surface area contributed by atoms with Gasteiger partial charge in [-0.1, -0.05) is 159 Å². The molecule has 0 fully saturated rings. The Morgan fingerprint density at radius 1 is 0.264 bits per heavy atom. The van der Waals surface area contributed by atoms with Gasteiger partial charge < -0.3 is 0 Å². The van der Waals surface area contributed by atoms with Gasteiger partial charge in [0, 0.05) is 5.41 Å². The number of hydrogen-bond acceptors (Lipinski definition) is 0. The first-order chi connectivity index (χ1) is 26.0. The monoisotopic (exact) mass is 672 g/mol. The molecule has 11 rings (SSSR count). The van der Waals surface area contributed by atoms with E-state index >= 15 is 0 Å². The summed E-state index contributed by atoms with van der Waals surface area (Å²) >= 11 is 0. The van der Waals surface area contributed by atoms with E-state index in [0.29, 0.717) is 0 Å². The van der Waals surface area contributed by atoms with Crippen LogP contribution < -0.4 is 0 Å². The molecular weight excluding hydrogens is 637 g/mol. The fraction of sp³-hybridized carbons (Fsp3) is 0.0566. The van der Waals surface area contributed by atoms with Crippen LogP contribution >= 0.6 is 0 Å². The summed E-state index contributed by atoms with van der Waals surface area (Å²) in [4.78, 5) is 0. The molecule has 0 unspecified atom stereocenters. The molecule has 0 nitrogen and oxygen atoms in total. The largest absolute Gasteiger partial charge is 0.0616 e. The summed E-state index contributed by atoms with van der Waals surface area (Å²) in [6.07, 6.45) is 0. The molecule has 0 radical (unpaired) electrons. The highest BCUT2D eigenvalue weighted by atomic mass is 14.4. The lowest BCUT2D eigenvalue weighted by Gasteiger charge is -2.22. The molecule has 248 valence electrons. The lowest BCUT2D eigenvalue weighted by Crippen LogP contribution is -2.15. The van der Waals surface area contributed by atoms with Gasteiger partial charge in [-0.15, -0.1) is 0 Å². The van der Waals surface area contributed by atoms with Crippen LogP contribution in [0.3, 0.4) is 0 Å². The van der Waals surface area contributed by atoms with Gasteiger partial charge in [0.15, 0.2) is 0 Å². The van der Waals surface area contributed by atoms with E-state index in [1.807, 2.05) is 0 Å². The molecule has 0 N–H and O–H groups in total. The molecule has 0 aliphatic heterocycles. The average molecular weight is 673 g/mol. The number of hydrogen-bond donors (Lipinski definition) is 0. The molecule has 0 bridgehead atoms. The zero-order valence-electron chi connectivity index (χ0n) is 29.8. The molecule has 0 amide bonds. The maximum Gasteiger partial charge on any atom is 0.0159 e. The van der Waals surface area contributed by atoms with Crippen molar-refractivity contribution in [1.29, 1.82) is 0 Å². The maximum atomic E-state index is 2.43. The smallest absolute Gasteiger partial charge is 0.0159 e. The Balaban J connectivity index is 0.939. The minimum Gasteiger partial charge on any atom is -0.0616 e. The molecule has 10 aromatic rings. The Bertz CT molecular complexity index is 3100. The molecule has 1 aliphatic rings. The van der Waals surface area contributed by atoms with Crippen molar-refractivity contribution in [2.24, 2.45) is 0 Å². The van der Waals surface area contributed by atoms with Gasteiger partial charge in [0.25, 0.3) is 0 Å². The lowest BCUT2D eigenvalue weighted by atomic mass is 9.80. The van der Waals surface area contributed by atoms with Crippen LogP contribution in [-0.4, -0.2) is 0 Å². The predicted molar refractivity (Wildman–Crippen MR) is 228 cm³/mol. The fourth-order valence-electron chi connectivity index (χ4n) is 9.16. The van der Waals surface area contributed by atoms with Crippen molar-refractivity contribution < 1.29 is 0 Å². The Hall–Kier alpha value is -6.50. The average Bonchev–Trinajstić information content (AvgIpc) is 3.44. The summed E-state index contributed by atoms with van der Waals surface area (Å²) in [6.45, 7) is 4.76. The zero-order chi connectivity index (χ0) is 35.3. The molecule has 0 spiro atoms. The highest BCUT2D eigenvalue weighted by Gasteiger charge is 2.36. The third-order valence-electron chi connectivity index (χ3n) is 12.0. The quantitative estimate of drug-likeness (QED) is 0.164. The van der Waals surface area contributed by atoms with E-state index in [0.717, 1.165) is 0 Å². The molecule has 10 aromatic carbocycles. The van der Waals surface area contributed by atoms with Crippen molar-refractivity contribution in [3.05, 3.63) is 193 Å². The Kier molecular flexibility index (Phi) is 6.40. The van der Waals surface area contributed by atoms with Crippen LogP contribution in [0.1, 0.15) is 25.0 Å². The summed E-state index contributed by atoms with van der Waals surface area (Å²) in [5.41, 5.74) is 12.9. The van der Waals surface area contributed by atoms with Gasteiger partial charge in [-0.2, -0.15) is 0 Å². The SMILES string of the molecule is CC1(C)c2cc(-c3ccc4ccccc4c3)ccc2-c2ccc(-c3ccc4cc(-c5ccc6c7ccccc7c7ccccc7c6c5)ccc4c3)cc21. The molecule has 53 heavy (non-hydrogen) atoms. The number of rotatable bonds is 3.